The molecule has 128 valence electrons. The van der Waals surface area contributed by atoms with Gasteiger partial charge in [-0.15, -0.1) is 0 Å². The van der Waals surface area contributed by atoms with Gasteiger partial charge in [0.1, 0.15) is 5.69 Å². The van der Waals surface area contributed by atoms with E-state index in [4.69, 9.17) is 0 Å². The number of aryl methyl sites for hydroxylation is 1. The van der Waals surface area contributed by atoms with Crippen LogP contribution in [-0.4, -0.2) is 24.6 Å². The lowest BCUT2D eigenvalue weighted by molar-refractivity contribution is -0.384. The Morgan fingerprint density at radius 2 is 2.00 bits per heavy atom. The second-order valence-electron chi connectivity index (χ2n) is 5.42. The Morgan fingerprint density at radius 1 is 1.25 bits per heavy atom. The highest BCUT2D eigenvalue weighted by Crippen LogP contribution is 2.34. The predicted octanol–water partition coefficient (Wildman–Crippen LogP) is 2.91. The Kier molecular flexibility index (Phi) is 5.50. The molecule has 0 saturated carbocycles. The van der Waals surface area contributed by atoms with E-state index in [1.54, 1.807) is 36.7 Å². The third-order valence-electron chi connectivity index (χ3n) is 3.52. The minimum atomic E-state index is -3.70. The van der Waals surface area contributed by atoms with E-state index in [1.807, 2.05) is 6.92 Å². The molecule has 24 heavy (non-hydrogen) atoms. The number of hydrogen-bond acceptors (Lipinski definition) is 5. The minimum Gasteiger partial charge on any atom is -0.264 e. The van der Waals surface area contributed by atoms with Crippen molar-refractivity contribution in [3.05, 3.63) is 64.0 Å². The number of nitro groups is 1. The summed E-state index contributed by atoms with van der Waals surface area (Å²) >= 11 is 0. The average Bonchev–Trinajstić information content (AvgIpc) is 2.52. The molecule has 1 aromatic heterocycles. The summed E-state index contributed by atoms with van der Waals surface area (Å²) in [6.07, 6.45) is 5.40. The summed E-state index contributed by atoms with van der Waals surface area (Å²) < 4.78 is 25.6. The van der Waals surface area contributed by atoms with Crippen LogP contribution in [0.3, 0.4) is 0 Å². The van der Waals surface area contributed by atoms with Crippen molar-refractivity contribution in [1.29, 1.82) is 0 Å². The fourth-order valence-electron chi connectivity index (χ4n) is 2.50. The van der Waals surface area contributed by atoms with Gasteiger partial charge in [0.25, 0.3) is 5.69 Å². The number of benzene rings is 1. The topological polar surface area (TPSA) is 93.4 Å². The first-order valence-corrected chi connectivity index (χ1v) is 9.32. The van der Waals surface area contributed by atoms with Crippen molar-refractivity contribution in [3.8, 4) is 0 Å². The lowest BCUT2D eigenvalue weighted by atomic mass is 10.1. The predicted molar refractivity (Wildman–Crippen MR) is 92.4 cm³/mol. The second kappa shape index (κ2) is 7.39. The van der Waals surface area contributed by atoms with Crippen molar-refractivity contribution in [2.75, 3.05) is 10.6 Å². The smallest absolute Gasteiger partial charge is 0.264 e. The van der Waals surface area contributed by atoms with Crippen LogP contribution in [0.4, 0.5) is 11.4 Å². The van der Waals surface area contributed by atoms with Crippen LogP contribution in [-0.2, 0) is 23.0 Å². The Bertz CT molecular complexity index is 822. The van der Waals surface area contributed by atoms with Crippen LogP contribution in [0.5, 0.6) is 0 Å². The van der Waals surface area contributed by atoms with Gasteiger partial charge in [0.05, 0.1) is 17.7 Å². The van der Waals surface area contributed by atoms with Crippen LogP contribution in [0.1, 0.15) is 24.5 Å². The Balaban J connectivity index is 2.58. The van der Waals surface area contributed by atoms with E-state index in [2.05, 4.69) is 4.98 Å². The minimum absolute atomic E-state index is 0.0108. The molecule has 0 aliphatic rings. The molecular weight excluding hydrogens is 330 g/mol. The molecule has 2 rings (SSSR count). The summed E-state index contributed by atoms with van der Waals surface area (Å²) in [4.78, 5) is 15.0. The first kappa shape index (κ1) is 17.9. The van der Waals surface area contributed by atoms with Crippen LogP contribution >= 0.6 is 0 Å². The summed E-state index contributed by atoms with van der Waals surface area (Å²) in [6, 6.07) is 8.20. The molecule has 7 nitrogen and oxygen atoms in total. The number of nitrogens with zero attached hydrogens (tertiary/aromatic N) is 3. The monoisotopic (exact) mass is 349 g/mol. The SMILES string of the molecule is CCCc1cccc(N(Cc2cccnc2)S(C)(=O)=O)c1[N+](=O)[O-]. The zero-order valence-corrected chi connectivity index (χ0v) is 14.4. The van der Waals surface area contributed by atoms with Gasteiger partial charge in [-0.2, -0.15) is 0 Å². The lowest BCUT2D eigenvalue weighted by Gasteiger charge is -2.23. The maximum atomic E-state index is 12.3. The van der Waals surface area contributed by atoms with Crippen molar-refractivity contribution in [1.82, 2.24) is 4.98 Å². The molecule has 0 fully saturated rings. The van der Waals surface area contributed by atoms with Crippen molar-refractivity contribution in [3.63, 3.8) is 0 Å². The zero-order chi connectivity index (χ0) is 17.7. The average molecular weight is 349 g/mol. The lowest BCUT2D eigenvalue weighted by Crippen LogP contribution is -2.30. The molecule has 0 aliphatic carbocycles. The van der Waals surface area contributed by atoms with E-state index in [9.17, 15) is 18.5 Å². The zero-order valence-electron chi connectivity index (χ0n) is 13.5. The molecule has 0 aliphatic heterocycles. The van der Waals surface area contributed by atoms with Crippen LogP contribution in [0.2, 0.25) is 0 Å². The number of para-hydroxylation sites is 1. The fraction of sp³-hybridized carbons (Fsp3) is 0.312. The number of pyridine rings is 1. The highest BCUT2D eigenvalue weighted by atomic mass is 32.2. The van der Waals surface area contributed by atoms with E-state index in [-0.39, 0.29) is 17.9 Å². The molecule has 8 heteroatoms. The molecule has 0 spiro atoms. The summed E-state index contributed by atoms with van der Waals surface area (Å²) in [5.74, 6) is 0. The summed E-state index contributed by atoms with van der Waals surface area (Å²) in [6.45, 7) is 1.91. The molecule has 2 aromatic rings. The van der Waals surface area contributed by atoms with Gasteiger partial charge in [0, 0.05) is 18.0 Å². The van der Waals surface area contributed by atoms with E-state index < -0.39 is 14.9 Å². The molecule has 1 aromatic carbocycles. The first-order valence-electron chi connectivity index (χ1n) is 7.47. The van der Waals surface area contributed by atoms with Gasteiger partial charge in [-0.3, -0.25) is 19.4 Å². The maximum absolute atomic E-state index is 12.3. The molecule has 0 unspecified atom stereocenters. The van der Waals surface area contributed by atoms with Crippen LogP contribution in [0.25, 0.3) is 0 Å². The molecular formula is C16H19N3O4S. The van der Waals surface area contributed by atoms with E-state index in [1.165, 1.54) is 6.07 Å². The van der Waals surface area contributed by atoms with Crippen LogP contribution in [0.15, 0.2) is 42.7 Å². The van der Waals surface area contributed by atoms with Gasteiger partial charge in [-0.25, -0.2) is 8.42 Å². The summed E-state index contributed by atoms with van der Waals surface area (Å²) in [5.41, 5.74) is 1.10. The molecule has 0 bridgehead atoms. The molecule has 0 N–H and O–H groups in total. The van der Waals surface area contributed by atoms with Crippen molar-refractivity contribution >= 4 is 21.4 Å². The van der Waals surface area contributed by atoms with Gasteiger partial charge < -0.3 is 0 Å². The number of aromatic nitrogens is 1. The third kappa shape index (κ3) is 4.08. The number of rotatable bonds is 7. The number of anilines is 1. The number of hydrogen-bond donors (Lipinski definition) is 0. The van der Waals surface area contributed by atoms with Crippen molar-refractivity contribution in [2.24, 2.45) is 0 Å². The number of nitro benzene ring substituents is 1. The maximum Gasteiger partial charge on any atom is 0.296 e. The highest BCUT2D eigenvalue weighted by molar-refractivity contribution is 7.92. The molecule has 0 saturated heterocycles. The third-order valence-corrected chi connectivity index (χ3v) is 4.64. The van der Waals surface area contributed by atoms with Crippen LogP contribution in [0, 0.1) is 10.1 Å². The van der Waals surface area contributed by atoms with Gasteiger partial charge in [0.2, 0.25) is 10.0 Å². The largest absolute Gasteiger partial charge is 0.296 e. The normalized spacial score (nSPS) is 11.2. The van der Waals surface area contributed by atoms with E-state index in [0.717, 1.165) is 17.0 Å². The van der Waals surface area contributed by atoms with Gasteiger partial charge in [-0.1, -0.05) is 31.5 Å². The Morgan fingerprint density at radius 3 is 2.54 bits per heavy atom. The Hall–Kier alpha value is -2.48. The van der Waals surface area contributed by atoms with Gasteiger partial charge in [0.15, 0.2) is 0 Å². The number of sulfonamides is 1. The Labute approximate surface area is 141 Å². The standard InChI is InChI=1S/C16H19N3O4S/c1-3-6-14-8-4-9-15(16(14)19(20)21)18(24(2,22)23)12-13-7-5-10-17-11-13/h4-5,7-11H,3,6,12H2,1-2H3. The van der Waals surface area contributed by atoms with Crippen molar-refractivity contribution < 1.29 is 13.3 Å². The molecule has 0 atom stereocenters. The highest BCUT2D eigenvalue weighted by Gasteiger charge is 2.28. The van der Waals surface area contributed by atoms with Gasteiger partial charge in [-0.05, 0) is 24.1 Å². The molecule has 0 radical (unpaired) electrons. The fourth-order valence-corrected chi connectivity index (χ4v) is 3.39. The summed E-state index contributed by atoms with van der Waals surface area (Å²) in [7, 11) is -3.70. The van der Waals surface area contributed by atoms with E-state index in [0.29, 0.717) is 17.5 Å². The molecule has 1 heterocycles. The second-order valence-corrected chi connectivity index (χ2v) is 7.33. The van der Waals surface area contributed by atoms with Crippen LogP contribution < -0.4 is 4.31 Å². The van der Waals surface area contributed by atoms with Crippen molar-refractivity contribution in [2.45, 2.75) is 26.3 Å². The van der Waals surface area contributed by atoms with E-state index >= 15 is 0 Å². The van der Waals surface area contributed by atoms with Gasteiger partial charge >= 0.3 is 0 Å². The first-order chi connectivity index (χ1) is 11.3. The molecule has 0 amide bonds. The quantitative estimate of drug-likeness (QED) is 0.566. The summed E-state index contributed by atoms with van der Waals surface area (Å²) in [5, 5.41) is 11.6.